The van der Waals surface area contributed by atoms with E-state index in [2.05, 4.69) is 20.9 Å². The first kappa shape index (κ1) is 13.2. The molecule has 1 aromatic heterocycles. The van der Waals surface area contributed by atoms with Crippen molar-refractivity contribution in [2.75, 3.05) is 7.11 Å². The van der Waals surface area contributed by atoms with Gasteiger partial charge in [-0.1, -0.05) is 0 Å². The molecule has 1 aromatic carbocycles. The van der Waals surface area contributed by atoms with Crippen LogP contribution in [0.3, 0.4) is 0 Å². The zero-order valence-corrected chi connectivity index (χ0v) is 12.0. The summed E-state index contributed by atoms with van der Waals surface area (Å²) in [5, 5.41) is 0. The third-order valence-corrected chi connectivity index (χ3v) is 3.22. The van der Waals surface area contributed by atoms with E-state index in [1.165, 1.54) is 0 Å². The molecule has 18 heavy (non-hydrogen) atoms. The van der Waals surface area contributed by atoms with Crippen LogP contribution < -0.4 is 9.47 Å². The second kappa shape index (κ2) is 6.07. The average molecular weight is 329 g/mol. The summed E-state index contributed by atoms with van der Waals surface area (Å²) in [6.07, 6.45) is 3.36. The Morgan fingerprint density at radius 1 is 1.22 bits per heavy atom. The number of alkyl halides is 1. The largest absolute Gasteiger partial charge is 0.497 e. The third kappa shape index (κ3) is 3.15. The van der Waals surface area contributed by atoms with E-state index in [4.69, 9.17) is 21.1 Å². The smallest absolute Gasteiger partial charge is 0.146 e. The van der Waals surface area contributed by atoms with Crippen LogP contribution in [-0.2, 0) is 5.88 Å². The van der Waals surface area contributed by atoms with Crippen molar-refractivity contribution in [2.24, 2.45) is 0 Å². The number of benzene rings is 1. The number of aromatic nitrogens is 1. The van der Waals surface area contributed by atoms with Crippen LogP contribution in [0.2, 0.25) is 0 Å². The van der Waals surface area contributed by atoms with E-state index in [0.717, 1.165) is 15.8 Å². The standard InChI is InChI=1S/C13H11BrClNO2/c1-17-10-2-3-13(12(14)5-10)18-11-4-9(6-15)7-16-8-11/h2-5,7-8H,6H2,1H3. The van der Waals surface area contributed by atoms with Gasteiger partial charge in [-0.25, -0.2) is 0 Å². The number of methoxy groups -OCH3 is 1. The molecular formula is C13H11BrClNO2. The quantitative estimate of drug-likeness (QED) is 0.780. The van der Waals surface area contributed by atoms with E-state index in [-0.39, 0.29) is 0 Å². The van der Waals surface area contributed by atoms with Gasteiger partial charge < -0.3 is 9.47 Å². The van der Waals surface area contributed by atoms with Crippen LogP contribution >= 0.6 is 27.5 Å². The highest BCUT2D eigenvalue weighted by molar-refractivity contribution is 9.10. The van der Waals surface area contributed by atoms with Crippen molar-refractivity contribution in [3.63, 3.8) is 0 Å². The lowest BCUT2D eigenvalue weighted by molar-refractivity contribution is 0.412. The van der Waals surface area contributed by atoms with E-state index in [1.54, 1.807) is 19.5 Å². The number of ether oxygens (including phenoxy) is 2. The molecule has 2 rings (SSSR count). The molecule has 0 aliphatic heterocycles. The molecule has 1 heterocycles. The Morgan fingerprint density at radius 2 is 2.06 bits per heavy atom. The summed E-state index contributed by atoms with van der Waals surface area (Å²) in [6.45, 7) is 0. The van der Waals surface area contributed by atoms with E-state index < -0.39 is 0 Å². The molecule has 0 saturated carbocycles. The first-order valence-corrected chi connectivity index (χ1v) is 6.57. The van der Waals surface area contributed by atoms with Crippen LogP contribution in [0.4, 0.5) is 0 Å². The fraction of sp³-hybridized carbons (Fsp3) is 0.154. The van der Waals surface area contributed by atoms with Gasteiger partial charge in [0.05, 0.1) is 17.8 Å². The van der Waals surface area contributed by atoms with E-state index in [9.17, 15) is 0 Å². The maximum Gasteiger partial charge on any atom is 0.146 e. The van der Waals surface area contributed by atoms with Crippen LogP contribution in [0.25, 0.3) is 0 Å². The van der Waals surface area contributed by atoms with Crippen molar-refractivity contribution in [3.8, 4) is 17.2 Å². The second-order valence-corrected chi connectivity index (χ2v) is 4.68. The molecule has 0 saturated heterocycles. The first-order chi connectivity index (χ1) is 8.72. The van der Waals surface area contributed by atoms with Crippen molar-refractivity contribution in [1.29, 1.82) is 0 Å². The average Bonchev–Trinajstić information content (AvgIpc) is 2.41. The van der Waals surface area contributed by atoms with Gasteiger partial charge in [0.15, 0.2) is 0 Å². The van der Waals surface area contributed by atoms with Crippen LogP contribution in [0.1, 0.15) is 5.56 Å². The fourth-order valence-electron chi connectivity index (χ4n) is 1.41. The minimum absolute atomic E-state index is 0.411. The summed E-state index contributed by atoms with van der Waals surface area (Å²) in [5.41, 5.74) is 0.916. The molecule has 0 N–H and O–H groups in total. The van der Waals surface area contributed by atoms with Crippen LogP contribution in [0.5, 0.6) is 17.2 Å². The van der Waals surface area contributed by atoms with Gasteiger partial charge in [0.2, 0.25) is 0 Å². The highest BCUT2D eigenvalue weighted by Crippen LogP contribution is 2.32. The van der Waals surface area contributed by atoms with Crippen LogP contribution in [0, 0.1) is 0 Å². The Morgan fingerprint density at radius 3 is 2.72 bits per heavy atom. The minimum Gasteiger partial charge on any atom is -0.497 e. The minimum atomic E-state index is 0.411. The maximum atomic E-state index is 5.75. The predicted octanol–water partition coefficient (Wildman–Crippen LogP) is 4.38. The number of rotatable bonds is 4. The highest BCUT2D eigenvalue weighted by Gasteiger charge is 2.05. The van der Waals surface area contributed by atoms with Gasteiger partial charge in [-0.05, 0) is 45.8 Å². The Balaban J connectivity index is 2.22. The van der Waals surface area contributed by atoms with Crippen molar-refractivity contribution < 1.29 is 9.47 Å². The maximum absolute atomic E-state index is 5.75. The molecule has 0 fully saturated rings. The highest BCUT2D eigenvalue weighted by atomic mass is 79.9. The number of halogens is 2. The Labute approximate surface area is 119 Å². The summed E-state index contributed by atoms with van der Waals surface area (Å²) in [4.78, 5) is 4.07. The van der Waals surface area contributed by atoms with Gasteiger partial charge in [0.1, 0.15) is 17.2 Å². The topological polar surface area (TPSA) is 31.4 Å². The summed E-state index contributed by atoms with van der Waals surface area (Å²) < 4.78 is 11.7. The lowest BCUT2D eigenvalue weighted by atomic mass is 10.3. The van der Waals surface area contributed by atoms with Gasteiger partial charge in [0.25, 0.3) is 0 Å². The first-order valence-electron chi connectivity index (χ1n) is 5.24. The van der Waals surface area contributed by atoms with Crippen molar-refractivity contribution >= 4 is 27.5 Å². The third-order valence-electron chi connectivity index (χ3n) is 2.29. The molecule has 3 nitrogen and oxygen atoms in total. The van der Waals surface area contributed by atoms with Crippen LogP contribution in [-0.4, -0.2) is 12.1 Å². The lowest BCUT2D eigenvalue weighted by Gasteiger charge is -2.09. The molecule has 0 radical (unpaired) electrons. The Kier molecular flexibility index (Phi) is 4.44. The lowest BCUT2D eigenvalue weighted by Crippen LogP contribution is -1.90. The normalized spacial score (nSPS) is 10.2. The van der Waals surface area contributed by atoms with Gasteiger partial charge in [-0.2, -0.15) is 0 Å². The molecule has 2 aromatic rings. The van der Waals surface area contributed by atoms with Gasteiger partial charge in [0, 0.05) is 12.1 Å². The van der Waals surface area contributed by atoms with E-state index >= 15 is 0 Å². The molecule has 0 atom stereocenters. The van der Waals surface area contributed by atoms with Crippen LogP contribution in [0.15, 0.2) is 41.1 Å². The zero-order chi connectivity index (χ0) is 13.0. The number of pyridine rings is 1. The van der Waals surface area contributed by atoms with Gasteiger partial charge >= 0.3 is 0 Å². The van der Waals surface area contributed by atoms with Crippen molar-refractivity contribution in [2.45, 2.75) is 5.88 Å². The van der Waals surface area contributed by atoms with Crippen molar-refractivity contribution in [3.05, 3.63) is 46.7 Å². The summed E-state index contributed by atoms with van der Waals surface area (Å²) in [5.74, 6) is 2.53. The summed E-state index contributed by atoms with van der Waals surface area (Å²) >= 11 is 9.18. The molecule has 5 heteroatoms. The van der Waals surface area contributed by atoms with Crippen molar-refractivity contribution in [1.82, 2.24) is 4.98 Å². The molecule has 0 unspecified atom stereocenters. The number of hydrogen-bond donors (Lipinski definition) is 0. The van der Waals surface area contributed by atoms with E-state index in [0.29, 0.717) is 17.4 Å². The number of hydrogen-bond acceptors (Lipinski definition) is 3. The molecule has 0 amide bonds. The van der Waals surface area contributed by atoms with Gasteiger partial charge in [-0.3, -0.25) is 4.98 Å². The molecular weight excluding hydrogens is 318 g/mol. The summed E-state index contributed by atoms with van der Waals surface area (Å²) in [7, 11) is 1.62. The second-order valence-electron chi connectivity index (χ2n) is 3.56. The molecule has 0 bridgehead atoms. The molecule has 0 spiro atoms. The fourth-order valence-corrected chi connectivity index (χ4v) is 2.00. The monoisotopic (exact) mass is 327 g/mol. The summed E-state index contributed by atoms with van der Waals surface area (Å²) in [6, 6.07) is 7.36. The van der Waals surface area contributed by atoms with Gasteiger partial charge in [-0.15, -0.1) is 11.6 Å². The molecule has 0 aliphatic carbocycles. The Bertz CT molecular complexity index is 548. The SMILES string of the molecule is COc1ccc(Oc2cncc(CCl)c2)c(Br)c1. The molecule has 0 aliphatic rings. The predicted molar refractivity (Wildman–Crippen MR) is 74.6 cm³/mol. The van der Waals surface area contributed by atoms with E-state index in [1.807, 2.05) is 24.3 Å². The molecule has 94 valence electrons. The Hall–Kier alpha value is -1.26. The number of nitrogens with zero attached hydrogens (tertiary/aromatic N) is 1. The zero-order valence-electron chi connectivity index (χ0n) is 9.69.